The molecule has 3 aromatic rings. The summed E-state index contributed by atoms with van der Waals surface area (Å²) in [5, 5.41) is 0.490. The van der Waals surface area contributed by atoms with E-state index in [9.17, 15) is 19.2 Å². The Hall–Kier alpha value is -3.61. The summed E-state index contributed by atoms with van der Waals surface area (Å²) >= 11 is 6.07. The quantitative estimate of drug-likeness (QED) is 0.367. The van der Waals surface area contributed by atoms with Crippen LogP contribution in [0.4, 0.5) is 5.69 Å². The zero-order valence-electron chi connectivity index (χ0n) is 19.6. The Morgan fingerprint density at radius 1 is 0.806 bits per heavy atom. The number of imide groups is 1. The van der Waals surface area contributed by atoms with Gasteiger partial charge in [0, 0.05) is 16.1 Å². The van der Waals surface area contributed by atoms with E-state index in [4.69, 9.17) is 16.3 Å². The van der Waals surface area contributed by atoms with Crippen molar-refractivity contribution in [2.75, 3.05) is 4.90 Å². The predicted octanol–water partition coefficient (Wildman–Crippen LogP) is 5.16. The summed E-state index contributed by atoms with van der Waals surface area (Å²) in [4.78, 5) is 56.5. The molecular weight excluding hydrogens is 478 g/mol. The minimum absolute atomic E-state index is 0.206. The first kappa shape index (κ1) is 22.8. The van der Waals surface area contributed by atoms with Crippen molar-refractivity contribution in [1.29, 1.82) is 0 Å². The summed E-state index contributed by atoms with van der Waals surface area (Å²) in [6.07, 6.45) is -0.967. The number of carbonyl (C=O) groups excluding carboxylic acids is 4. The van der Waals surface area contributed by atoms with Crippen LogP contribution < -0.4 is 4.90 Å². The zero-order valence-corrected chi connectivity index (χ0v) is 20.4. The van der Waals surface area contributed by atoms with E-state index < -0.39 is 46.9 Å². The summed E-state index contributed by atoms with van der Waals surface area (Å²) in [5.41, 5.74) is 0.368. The molecule has 2 amide bonds. The minimum atomic E-state index is -2.09. The van der Waals surface area contributed by atoms with E-state index in [1.165, 1.54) is 0 Å². The van der Waals surface area contributed by atoms with Crippen molar-refractivity contribution in [3.8, 4) is 0 Å². The highest BCUT2D eigenvalue weighted by Gasteiger charge is 2.74. The van der Waals surface area contributed by atoms with Crippen molar-refractivity contribution in [1.82, 2.24) is 0 Å². The molecule has 1 spiro atoms. The van der Waals surface area contributed by atoms with Crippen molar-refractivity contribution in [3.05, 3.63) is 100 Å². The van der Waals surface area contributed by atoms with Gasteiger partial charge in [-0.25, -0.2) is 4.90 Å². The van der Waals surface area contributed by atoms with Crippen molar-refractivity contribution >= 4 is 40.7 Å². The van der Waals surface area contributed by atoms with Gasteiger partial charge in [-0.05, 0) is 41.3 Å². The predicted molar refractivity (Wildman–Crippen MR) is 133 cm³/mol. The number of halogens is 1. The van der Waals surface area contributed by atoms with E-state index in [1.807, 2.05) is 12.1 Å². The second-order valence-electron chi connectivity index (χ2n) is 9.79. The van der Waals surface area contributed by atoms with Crippen LogP contribution in [-0.2, 0) is 14.3 Å². The average molecular weight is 500 g/mol. The third-order valence-electron chi connectivity index (χ3n) is 7.54. The molecule has 1 aliphatic carbocycles. The van der Waals surface area contributed by atoms with E-state index in [1.54, 1.807) is 60.7 Å². The Morgan fingerprint density at radius 3 is 1.94 bits per heavy atom. The van der Waals surface area contributed by atoms with Gasteiger partial charge in [-0.3, -0.25) is 19.2 Å². The molecule has 0 aromatic heterocycles. The zero-order chi connectivity index (χ0) is 25.4. The maximum absolute atomic E-state index is 14.0. The van der Waals surface area contributed by atoms with Gasteiger partial charge < -0.3 is 4.74 Å². The maximum atomic E-state index is 14.0. The van der Waals surface area contributed by atoms with Gasteiger partial charge in [-0.2, -0.15) is 0 Å². The Kier molecular flexibility index (Phi) is 5.04. The lowest BCUT2D eigenvalue weighted by Crippen LogP contribution is -2.51. The molecule has 0 radical (unpaired) electrons. The SMILES string of the molecule is CC(C)c1ccc(N2C(=O)[C@H]3[C@@H](C2=O)C2(O[C@H]3c3ccc(Cl)cc3)C(=O)c3ccccc3C2=O)cc1. The molecule has 180 valence electrons. The first-order valence-electron chi connectivity index (χ1n) is 11.9. The van der Waals surface area contributed by atoms with E-state index in [0.717, 1.165) is 10.5 Å². The van der Waals surface area contributed by atoms with E-state index in [-0.39, 0.29) is 17.0 Å². The number of anilines is 1. The number of hydrogen-bond donors (Lipinski definition) is 0. The fourth-order valence-corrected chi connectivity index (χ4v) is 5.86. The van der Waals surface area contributed by atoms with Crippen LogP contribution in [-0.4, -0.2) is 29.0 Å². The van der Waals surface area contributed by atoms with Crippen LogP contribution in [0.15, 0.2) is 72.8 Å². The van der Waals surface area contributed by atoms with Crippen molar-refractivity contribution in [3.63, 3.8) is 0 Å². The lowest BCUT2D eigenvalue weighted by Gasteiger charge is -2.27. The number of amides is 2. The van der Waals surface area contributed by atoms with Crippen LogP contribution in [0.5, 0.6) is 0 Å². The molecule has 2 aliphatic heterocycles. The molecule has 0 saturated carbocycles. The molecule has 6 rings (SSSR count). The highest BCUT2D eigenvalue weighted by molar-refractivity contribution is 6.37. The van der Waals surface area contributed by atoms with Crippen LogP contribution in [0.1, 0.15) is 57.7 Å². The highest BCUT2D eigenvalue weighted by atomic mass is 35.5. The summed E-state index contributed by atoms with van der Waals surface area (Å²) in [7, 11) is 0. The van der Waals surface area contributed by atoms with Crippen LogP contribution in [0.2, 0.25) is 5.02 Å². The summed E-state index contributed by atoms with van der Waals surface area (Å²) in [6.45, 7) is 4.11. The first-order valence-corrected chi connectivity index (χ1v) is 12.2. The van der Waals surface area contributed by atoms with Crippen LogP contribution in [0.25, 0.3) is 0 Å². The monoisotopic (exact) mass is 499 g/mol. The topological polar surface area (TPSA) is 80.8 Å². The Bertz CT molecular complexity index is 1410. The van der Waals surface area contributed by atoms with Crippen LogP contribution in [0.3, 0.4) is 0 Å². The Morgan fingerprint density at radius 2 is 1.39 bits per heavy atom. The fourth-order valence-electron chi connectivity index (χ4n) is 5.73. The Balaban J connectivity index is 1.51. The van der Waals surface area contributed by atoms with Gasteiger partial charge in [0.15, 0.2) is 0 Å². The van der Waals surface area contributed by atoms with Crippen LogP contribution in [0, 0.1) is 11.8 Å². The second kappa shape index (κ2) is 7.95. The summed E-state index contributed by atoms with van der Waals surface area (Å²) in [6, 6.07) is 20.3. The van der Waals surface area contributed by atoms with E-state index >= 15 is 0 Å². The third kappa shape index (κ3) is 2.95. The van der Waals surface area contributed by atoms with Gasteiger partial charge in [0.1, 0.15) is 0 Å². The highest BCUT2D eigenvalue weighted by Crippen LogP contribution is 2.57. The van der Waals surface area contributed by atoms with E-state index in [2.05, 4.69) is 13.8 Å². The Labute approximate surface area is 212 Å². The second-order valence-corrected chi connectivity index (χ2v) is 10.2. The number of carbonyl (C=O) groups is 4. The number of benzene rings is 3. The number of Topliss-reactive ketones (excluding diaryl/α,β-unsaturated/α-hetero) is 2. The molecule has 0 unspecified atom stereocenters. The number of hydrogen-bond acceptors (Lipinski definition) is 5. The smallest absolute Gasteiger partial charge is 0.241 e. The largest absolute Gasteiger partial charge is 0.349 e. The first-order chi connectivity index (χ1) is 17.3. The molecular formula is C29H22ClNO5. The van der Waals surface area contributed by atoms with Crippen molar-refractivity contribution in [2.24, 2.45) is 11.8 Å². The van der Waals surface area contributed by atoms with Crippen LogP contribution >= 0.6 is 11.6 Å². The number of fused-ring (bicyclic) bond motifs is 3. The molecule has 36 heavy (non-hydrogen) atoms. The minimum Gasteiger partial charge on any atom is -0.349 e. The van der Waals surface area contributed by atoms with Crippen molar-refractivity contribution < 1.29 is 23.9 Å². The van der Waals surface area contributed by atoms with Gasteiger partial charge >= 0.3 is 0 Å². The normalized spacial score (nSPS) is 24.2. The molecule has 3 aliphatic rings. The van der Waals surface area contributed by atoms with Gasteiger partial charge in [0.05, 0.1) is 23.6 Å². The molecule has 7 heteroatoms. The number of ketones is 2. The standard InChI is InChI=1S/C29H22ClNO5/c1-15(2)16-9-13-19(14-10-16)31-27(34)22-23(28(31)35)29(36-24(22)17-7-11-18(30)12-8-17)25(32)20-5-3-4-6-21(20)26(29)33/h3-15,22-24H,1-2H3/t22-,23-,24-/m0/s1. The molecule has 2 fully saturated rings. The molecule has 2 saturated heterocycles. The van der Waals surface area contributed by atoms with Gasteiger partial charge in [-0.15, -0.1) is 0 Å². The number of nitrogens with zero attached hydrogens (tertiary/aromatic N) is 1. The van der Waals surface area contributed by atoms with Gasteiger partial charge in [-0.1, -0.05) is 74.0 Å². The lowest BCUT2D eigenvalue weighted by atomic mass is 9.77. The number of ether oxygens (including phenoxy) is 1. The molecule has 6 nitrogen and oxygen atoms in total. The molecule has 0 N–H and O–H groups in total. The average Bonchev–Trinajstić information content (AvgIpc) is 3.44. The lowest BCUT2D eigenvalue weighted by molar-refractivity contribution is -0.127. The number of rotatable bonds is 3. The summed E-state index contributed by atoms with van der Waals surface area (Å²) in [5.74, 6) is -4.28. The summed E-state index contributed by atoms with van der Waals surface area (Å²) < 4.78 is 6.27. The molecule has 0 bridgehead atoms. The van der Waals surface area contributed by atoms with Gasteiger partial charge in [0.2, 0.25) is 29.0 Å². The third-order valence-corrected chi connectivity index (χ3v) is 7.79. The van der Waals surface area contributed by atoms with Crippen molar-refractivity contribution in [2.45, 2.75) is 31.5 Å². The van der Waals surface area contributed by atoms with E-state index in [0.29, 0.717) is 16.3 Å². The maximum Gasteiger partial charge on any atom is 0.241 e. The molecule has 2 heterocycles. The van der Waals surface area contributed by atoms with Gasteiger partial charge in [0.25, 0.3) is 0 Å². The molecule has 3 atom stereocenters. The fraction of sp³-hybridized carbons (Fsp3) is 0.241. The molecule has 3 aromatic carbocycles.